The minimum Gasteiger partial charge on any atom is -0.354 e. The van der Waals surface area contributed by atoms with Gasteiger partial charge in [0, 0.05) is 20.4 Å². The molecule has 0 saturated carbocycles. The number of ether oxygens (including phenoxy) is 2. The molecule has 90 valence electrons. The molecular formula is C12H13FN2O2. The maximum Gasteiger partial charge on any atom is 0.176 e. The first-order chi connectivity index (χ1) is 8.21. The van der Waals surface area contributed by atoms with E-state index in [1.807, 2.05) is 0 Å². The zero-order chi connectivity index (χ0) is 12.7. The van der Waals surface area contributed by atoms with Crippen LogP contribution in [0, 0.1) is 17.1 Å². The Labute approximate surface area is 99.3 Å². The predicted molar refractivity (Wildman–Crippen MR) is 61.4 cm³/mol. The van der Waals surface area contributed by atoms with E-state index in [9.17, 15) is 4.39 Å². The van der Waals surface area contributed by atoms with Gasteiger partial charge in [-0.2, -0.15) is 5.26 Å². The van der Waals surface area contributed by atoms with Crippen LogP contribution in [0.5, 0.6) is 0 Å². The molecule has 0 spiro atoms. The number of nitriles is 1. The molecule has 4 nitrogen and oxygen atoms in total. The van der Waals surface area contributed by atoms with Crippen molar-refractivity contribution in [2.75, 3.05) is 20.8 Å². The molecular weight excluding hydrogens is 223 g/mol. The third kappa shape index (κ3) is 3.94. The van der Waals surface area contributed by atoms with Crippen LogP contribution in [-0.4, -0.2) is 33.3 Å². The van der Waals surface area contributed by atoms with Gasteiger partial charge in [-0.05, 0) is 17.7 Å². The minimum atomic E-state index is -0.531. The molecule has 0 aliphatic rings. The van der Waals surface area contributed by atoms with Crippen LogP contribution in [0.15, 0.2) is 23.2 Å². The highest BCUT2D eigenvalue weighted by atomic mass is 19.1. The van der Waals surface area contributed by atoms with E-state index in [1.54, 1.807) is 18.4 Å². The summed E-state index contributed by atoms with van der Waals surface area (Å²) in [5.74, 6) is -0.531. The van der Waals surface area contributed by atoms with Gasteiger partial charge in [-0.25, -0.2) is 4.39 Å². The van der Waals surface area contributed by atoms with Crippen LogP contribution in [0.1, 0.15) is 11.1 Å². The Bertz CT molecular complexity index is 437. The van der Waals surface area contributed by atoms with Crippen molar-refractivity contribution in [3.8, 4) is 6.07 Å². The van der Waals surface area contributed by atoms with Gasteiger partial charge < -0.3 is 9.47 Å². The lowest BCUT2D eigenvalue weighted by molar-refractivity contribution is -0.0936. The molecule has 1 aromatic rings. The lowest BCUT2D eigenvalue weighted by atomic mass is 10.1. The quantitative estimate of drug-likeness (QED) is 0.578. The van der Waals surface area contributed by atoms with Gasteiger partial charge in [0.25, 0.3) is 0 Å². The third-order valence-electron chi connectivity index (χ3n) is 2.13. The van der Waals surface area contributed by atoms with E-state index in [2.05, 4.69) is 4.99 Å². The Morgan fingerprint density at radius 1 is 1.47 bits per heavy atom. The minimum absolute atomic E-state index is 0.00369. The molecule has 0 saturated heterocycles. The first-order valence-electron chi connectivity index (χ1n) is 4.96. The lowest BCUT2D eigenvalue weighted by Gasteiger charge is -2.09. The van der Waals surface area contributed by atoms with Crippen molar-refractivity contribution in [3.63, 3.8) is 0 Å². The van der Waals surface area contributed by atoms with Gasteiger partial charge in [0.05, 0.1) is 12.1 Å². The van der Waals surface area contributed by atoms with Crippen molar-refractivity contribution in [3.05, 3.63) is 35.1 Å². The largest absolute Gasteiger partial charge is 0.354 e. The maximum absolute atomic E-state index is 13.0. The highest BCUT2D eigenvalue weighted by Gasteiger charge is 2.03. The summed E-state index contributed by atoms with van der Waals surface area (Å²) >= 11 is 0. The number of nitrogens with zero attached hydrogens (tertiary/aromatic N) is 2. The van der Waals surface area contributed by atoms with E-state index >= 15 is 0 Å². The van der Waals surface area contributed by atoms with Gasteiger partial charge in [-0.15, -0.1) is 0 Å². The topological polar surface area (TPSA) is 54.6 Å². The highest BCUT2D eigenvalue weighted by Crippen LogP contribution is 2.07. The van der Waals surface area contributed by atoms with E-state index in [-0.39, 0.29) is 5.56 Å². The maximum atomic E-state index is 13.0. The molecule has 0 N–H and O–H groups in total. The van der Waals surface area contributed by atoms with Crippen LogP contribution in [0.3, 0.4) is 0 Å². The van der Waals surface area contributed by atoms with Crippen molar-refractivity contribution in [2.45, 2.75) is 6.29 Å². The lowest BCUT2D eigenvalue weighted by Crippen LogP contribution is -2.16. The van der Waals surface area contributed by atoms with Gasteiger partial charge in [0.1, 0.15) is 11.9 Å². The normalized spacial score (nSPS) is 11.0. The third-order valence-corrected chi connectivity index (χ3v) is 2.13. The van der Waals surface area contributed by atoms with E-state index in [0.29, 0.717) is 12.1 Å². The Morgan fingerprint density at radius 3 is 2.76 bits per heavy atom. The molecule has 17 heavy (non-hydrogen) atoms. The predicted octanol–water partition coefficient (Wildman–Crippen LogP) is 1.74. The van der Waals surface area contributed by atoms with Crippen molar-refractivity contribution >= 4 is 6.21 Å². The van der Waals surface area contributed by atoms with Gasteiger partial charge >= 0.3 is 0 Å². The summed E-state index contributed by atoms with van der Waals surface area (Å²) in [5, 5.41) is 8.66. The molecule has 1 rings (SSSR count). The van der Waals surface area contributed by atoms with Crippen LogP contribution in [0.25, 0.3) is 0 Å². The van der Waals surface area contributed by atoms with Crippen molar-refractivity contribution in [1.29, 1.82) is 5.26 Å². The second-order valence-electron chi connectivity index (χ2n) is 3.25. The number of hydrogen-bond donors (Lipinski definition) is 0. The molecule has 1 aromatic carbocycles. The Balaban J connectivity index is 2.69. The fourth-order valence-corrected chi connectivity index (χ4v) is 1.20. The molecule has 0 heterocycles. The van der Waals surface area contributed by atoms with Crippen LogP contribution < -0.4 is 0 Å². The molecule has 0 unspecified atom stereocenters. The molecule has 0 aliphatic heterocycles. The summed E-state index contributed by atoms with van der Waals surface area (Å²) in [7, 11) is 3.05. The molecule has 0 aromatic heterocycles. The summed E-state index contributed by atoms with van der Waals surface area (Å²) in [5.41, 5.74) is 0.665. The Hall–Kier alpha value is -1.77. The van der Waals surface area contributed by atoms with Gasteiger partial charge in [-0.1, -0.05) is 6.07 Å². The molecule has 5 heteroatoms. The summed E-state index contributed by atoms with van der Waals surface area (Å²) in [6, 6.07) is 6.00. The highest BCUT2D eigenvalue weighted by molar-refractivity contribution is 5.80. The first kappa shape index (κ1) is 13.3. The second kappa shape index (κ2) is 6.74. The smallest absolute Gasteiger partial charge is 0.176 e. The van der Waals surface area contributed by atoms with Crippen LogP contribution in [0.4, 0.5) is 4.39 Å². The zero-order valence-corrected chi connectivity index (χ0v) is 9.68. The SMILES string of the molecule is COC(CN=Cc1ccc(F)c(C#N)c1)OC. The standard InChI is InChI=1S/C12H13FN2O2/c1-16-12(17-2)8-15-7-9-3-4-11(13)10(5-9)6-14/h3-5,7,12H,8H2,1-2H3. The molecule has 0 fully saturated rings. The number of rotatable bonds is 5. The number of halogens is 1. The molecule has 0 radical (unpaired) electrons. The van der Waals surface area contributed by atoms with Crippen LogP contribution in [-0.2, 0) is 9.47 Å². The number of aliphatic imine (C=N–C) groups is 1. The van der Waals surface area contributed by atoms with Gasteiger partial charge in [0.2, 0.25) is 0 Å². The van der Waals surface area contributed by atoms with E-state index < -0.39 is 12.1 Å². The van der Waals surface area contributed by atoms with Crippen LogP contribution in [0.2, 0.25) is 0 Å². The number of methoxy groups -OCH3 is 2. The summed E-state index contributed by atoms with van der Waals surface area (Å²) < 4.78 is 22.9. The monoisotopic (exact) mass is 236 g/mol. The summed E-state index contributed by atoms with van der Waals surface area (Å²) in [4.78, 5) is 4.08. The fraction of sp³-hybridized carbons (Fsp3) is 0.333. The number of benzene rings is 1. The molecule has 0 aliphatic carbocycles. The van der Waals surface area contributed by atoms with E-state index in [0.717, 1.165) is 0 Å². The average Bonchev–Trinajstić information content (AvgIpc) is 2.36. The van der Waals surface area contributed by atoms with Crippen molar-refractivity contribution < 1.29 is 13.9 Å². The van der Waals surface area contributed by atoms with Crippen LogP contribution >= 0.6 is 0 Å². The summed E-state index contributed by atoms with van der Waals surface area (Å²) in [6.45, 7) is 0.340. The van der Waals surface area contributed by atoms with E-state index in [1.165, 1.54) is 26.4 Å². The first-order valence-corrected chi connectivity index (χ1v) is 4.96. The number of hydrogen-bond acceptors (Lipinski definition) is 4. The second-order valence-corrected chi connectivity index (χ2v) is 3.25. The summed E-state index contributed by atoms with van der Waals surface area (Å²) in [6.07, 6.45) is 1.15. The van der Waals surface area contributed by atoms with Crippen molar-refractivity contribution in [2.24, 2.45) is 4.99 Å². The Morgan fingerprint density at radius 2 is 2.18 bits per heavy atom. The van der Waals surface area contributed by atoms with Gasteiger partial charge in [-0.3, -0.25) is 4.99 Å². The zero-order valence-electron chi connectivity index (χ0n) is 9.68. The van der Waals surface area contributed by atoms with Gasteiger partial charge in [0.15, 0.2) is 6.29 Å². The molecule has 0 bridgehead atoms. The molecule has 0 atom stereocenters. The van der Waals surface area contributed by atoms with E-state index in [4.69, 9.17) is 14.7 Å². The average molecular weight is 236 g/mol. The van der Waals surface area contributed by atoms with Crippen molar-refractivity contribution in [1.82, 2.24) is 0 Å². The fourth-order valence-electron chi connectivity index (χ4n) is 1.20. The Kier molecular flexibility index (Phi) is 5.27. The molecule has 0 amide bonds.